The van der Waals surface area contributed by atoms with Gasteiger partial charge in [0.25, 0.3) is 0 Å². The molecular formula is C82H81Cl3F13N13O13S. The van der Waals surface area contributed by atoms with Gasteiger partial charge in [0.1, 0.15) is 41.7 Å². The van der Waals surface area contributed by atoms with E-state index in [0.29, 0.717) is 106 Å². The van der Waals surface area contributed by atoms with Crippen LogP contribution in [-0.4, -0.2) is 204 Å². The molecule has 12 N–H and O–H groups in total. The van der Waals surface area contributed by atoms with Gasteiger partial charge in [0.2, 0.25) is 0 Å². The Bertz CT molecular complexity index is 5300. The number of carbonyl (C=O) groups excluding carboxylic acids is 4. The average Bonchev–Trinajstić information content (AvgIpc) is 0.791. The van der Waals surface area contributed by atoms with Crippen molar-refractivity contribution in [1.82, 2.24) is 44.5 Å². The van der Waals surface area contributed by atoms with Gasteiger partial charge >= 0.3 is 48.2 Å². The summed E-state index contributed by atoms with van der Waals surface area (Å²) in [5, 5.41) is 85.8. The summed E-state index contributed by atoms with van der Waals surface area (Å²) < 4.78 is 180. The fourth-order valence-electron chi connectivity index (χ4n) is 12.6. The Hall–Kier alpha value is -10.9. The minimum absolute atomic E-state index is 0.00226. The normalized spacial score (nSPS) is 15.9. The van der Waals surface area contributed by atoms with Crippen molar-refractivity contribution in [2.24, 2.45) is 0 Å². The summed E-state index contributed by atoms with van der Waals surface area (Å²) in [6.07, 6.45) is -2.85. The quantitative estimate of drug-likeness (QED) is 0.0298. The molecule has 4 aliphatic heterocycles. The number of halogens is 16. The lowest BCUT2D eigenvalue weighted by molar-refractivity contribution is -0.138. The van der Waals surface area contributed by atoms with Crippen LogP contribution in [0.2, 0.25) is 15.1 Å². The minimum atomic E-state index is -4.97. The number of carbonyl (C=O) groups is 4. The van der Waals surface area contributed by atoms with Crippen LogP contribution in [0.4, 0.5) is 99.1 Å². The van der Waals surface area contributed by atoms with E-state index in [4.69, 9.17) is 55.2 Å². The van der Waals surface area contributed by atoms with Gasteiger partial charge < -0.3 is 76.4 Å². The van der Waals surface area contributed by atoms with E-state index in [9.17, 15) is 101 Å². The van der Waals surface area contributed by atoms with Gasteiger partial charge in [-0.2, -0.15) is 52.7 Å². The van der Waals surface area contributed by atoms with Crippen molar-refractivity contribution in [3.63, 3.8) is 0 Å². The molecule has 9 heterocycles. The van der Waals surface area contributed by atoms with Gasteiger partial charge in [0.15, 0.2) is 0 Å². The molecule has 0 aliphatic carbocycles. The largest absolute Gasteiger partial charge is 0.467 e. The molecule has 8 amide bonds. The summed E-state index contributed by atoms with van der Waals surface area (Å²) in [7, 11) is -4.46. The van der Waals surface area contributed by atoms with Crippen molar-refractivity contribution in [2.75, 3.05) is 100 Å². The van der Waals surface area contributed by atoms with Crippen LogP contribution >= 0.6 is 34.8 Å². The van der Waals surface area contributed by atoms with Gasteiger partial charge in [-0.3, -0.25) is 29.5 Å². The number of nitrogens with zero attached hydrogens (tertiary/aromatic N) is 9. The molecular weight excluding hydrogens is 1760 g/mol. The van der Waals surface area contributed by atoms with E-state index < -0.39 is 136 Å². The van der Waals surface area contributed by atoms with E-state index in [-0.39, 0.29) is 78.0 Å². The minimum Gasteiger partial charge on any atom is -0.393 e. The molecule has 3 aromatic carbocycles. The van der Waals surface area contributed by atoms with Crippen LogP contribution in [0, 0.1) is 19.7 Å². The maximum absolute atomic E-state index is 14.4. The van der Waals surface area contributed by atoms with E-state index in [2.05, 4.69) is 52.1 Å². The van der Waals surface area contributed by atoms with Crippen LogP contribution in [0.5, 0.6) is 0 Å². The van der Waals surface area contributed by atoms with Crippen molar-refractivity contribution in [3.8, 4) is 0 Å². The Morgan fingerprint density at radius 1 is 0.424 bits per heavy atom. The van der Waals surface area contributed by atoms with Gasteiger partial charge in [0, 0.05) is 128 Å². The summed E-state index contributed by atoms with van der Waals surface area (Å²) >= 11 is 18.8. The molecule has 43 heteroatoms. The summed E-state index contributed by atoms with van der Waals surface area (Å²) in [5.41, 5.74) is -0.453. The van der Waals surface area contributed by atoms with E-state index >= 15 is 0 Å². The molecule has 26 nitrogen and oxygen atoms in total. The molecule has 125 heavy (non-hydrogen) atoms. The molecule has 0 bridgehead atoms. The molecule has 0 saturated heterocycles. The van der Waals surface area contributed by atoms with Crippen LogP contribution in [0.15, 0.2) is 157 Å². The summed E-state index contributed by atoms with van der Waals surface area (Å²) in [4.78, 5) is 75.7. The molecule has 0 fully saturated rings. The first-order valence-electron chi connectivity index (χ1n) is 37.5. The molecule has 1 unspecified atom stereocenters. The lowest BCUT2D eigenvalue weighted by Gasteiger charge is -2.27. The maximum Gasteiger partial charge on any atom is 0.467 e. The second kappa shape index (κ2) is 42.4. The third-order valence-electron chi connectivity index (χ3n) is 19.6. The zero-order chi connectivity index (χ0) is 91.8. The number of aliphatic hydroxyl groups excluding tert-OH is 8. The predicted octanol–water partition coefficient (Wildman–Crippen LogP) is 15.5. The Kier molecular flexibility index (Phi) is 33.2. The van der Waals surface area contributed by atoms with E-state index in [1.165, 1.54) is 113 Å². The molecule has 4 aliphatic rings. The Labute approximate surface area is 720 Å². The number of urea groups is 4. The van der Waals surface area contributed by atoms with Crippen LogP contribution in [0.3, 0.4) is 0 Å². The molecule has 0 saturated carbocycles. The molecule has 12 rings (SSSR count). The van der Waals surface area contributed by atoms with Gasteiger partial charge in [0.05, 0.1) is 84.8 Å². The van der Waals surface area contributed by atoms with Gasteiger partial charge in [-0.05, 0) is 176 Å². The van der Waals surface area contributed by atoms with Crippen molar-refractivity contribution in [2.45, 2.75) is 92.9 Å². The summed E-state index contributed by atoms with van der Waals surface area (Å²) in [5.74, 6) is 2.17. The summed E-state index contributed by atoms with van der Waals surface area (Å²) in [6.45, 7) is 3.04. The highest BCUT2D eigenvalue weighted by Gasteiger charge is 2.41. The van der Waals surface area contributed by atoms with Crippen LogP contribution in [0.25, 0.3) is 22.3 Å². The first kappa shape index (κ1) is 97.9. The lowest BCUT2D eigenvalue weighted by atomic mass is 10.0. The third-order valence-corrected chi connectivity index (χ3v) is 22.3. The third kappa shape index (κ3) is 25.9. The number of hydrogen-bond acceptors (Lipinski definition) is 18. The number of benzene rings is 3. The molecule has 8 aromatic rings. The number of anilines is 4. The standard InChI is InChI=1S/C21H21ClF3N3O4S.C21H21ClF3N3O3.C21H21F4N3O3.C19H18ClF3N4O3/c1-33(32,21(23,24)25)16-4-2-15(3-5-16)27-20(31)28-8-6-13(7-9-28)19-17(22)10-14(11-26-19)18(30)12-29;2*1-12-8-15(2-3-16(12)21(23,24)25)27-20(31)28-6-4-13(5-7-28)19-17(22)9-14(10-26-19)18(30)11-29;20-14-7-12(15(29)10-28)8-25-17(14)11-3-5-27(6-4-11)18(30)26-16-2-1-13(9-24-16)19(21,22)23/h2-6,10-11,18,29-30H,1,7-9,12H2,(H,27,31);2*2-4,8-10,18,29-30H,5-7,11H2,1H3,(H,27,31);1-3,7-9,15,28-29H,4-6,10H2,(H,24,26,30)/t18-,33?;2*18-;15-/m0010/s1. The first-order chi connectivity index (χ1) is 58.8. The number of aromatic nitrogens is 5. The van der Waals surface area contributed by atoms with Crippen molar-refractivity contribution >= 4 is 119 Å². The van der Waals surface area contributed by atoms with Gasteiger partial charge in [-0.15, -0.1) is 0 Å². The van der Waals surface area contributed by atoms with E-state index in [0.717, 1.165) is 59.2 Å². The van der Waals surface area contributed by atoms with E-state index in [1.807, 2.05) is 0 Å². The molecule has 0 radical (unpaired) electrons. The van der Waals surface area contributed by atoms with Gasteiger partial charge in [-0.1, -0.05) is 59.1 Å². The highest BCUT2D eigenvalue weighted by atomic mass is 35.5. The lowest BCUT2D eigenvalue weighted by Crippen LogP contribution is -2.38. The monoisotopic (exact) mass is 1840 g/mol. The fraction of sp³-hybridized carbons (Fsp3) is 0.317. The second-order valence-electron chi connectivity index (χ2n) is 28.2. The van der Waals surface area contributed by atoms with E-state index in [1.54, 1.807) is 24.3 Å². The topological polar surface area (TPSA) is 373 Å². The SMILES string of the molecule is C=S(=O)(c1ccc(NC(=O)N2CC=C(c3ncc([C@@H](O)CO)cc3Cl)CC2)cc1)C(F)(F)F.Cc1cc(NC(=O)N2CC=C(c3ncc([C@@H](O)CO)cc3Cl)CC2)ccc1C(F)(F)F.Cc1cc(NC(=O)N2CC=C(c3ncc([C@H](O)CO)cc3F)CC2)ccc1C(F)(F)F.O=C(Nc1ccc(C(F)(F)F)cn1)N1CC=C(c2ncc([C@@H](O)CO)cc2Cl)CC1. The Morgan fingerprint density at radius 2 is 0.736 bits per heavy atom. The summed E-state index contributed by atoms with van der Waals surface area (Å²) in [6, 6.07) is 17.2. The highest BCUT2D eigenvalue weighted by molar-refractivity contribution is 8.01. The number of amides is 8. The number of rotatable bonds is 17. The Balaban J connectivity index is 0.000000189. The van der Waals surface area contributed by atoms with Crippen molar-refractivity contribution < 1.29 is 121 Å². The zero-order valence-electron chi connectivity index (χ0n) is 65.9. The van der Waals surface area contributed by atoms with Crippen LogP contribution in [0.1, 0.15) is 123 Å². The Morgan fingerprint density at radius 3 is 1.01 bits per heavy atom. The second-order valence-corrected chi connectivity index (χ2v) is 31.7. The highest BCUT2D eigenvalue weighted by Crippen LogP contribution is 2.39. The number of nitrogens with one attached hydrogen (secondary N) is 4. The number of pyridine rings is 5. The molecule has 5 aromatic heterocycles. The maximum atomic E-state index is 14.4. The average molecular weight is 1840 g/mol. The van der Waals surface area contributed by atoms with Crippen LogP contribution < -0.4 is 21.3 Å². The predicted molar refractivity (Wildman–Crippen MR) is 440 cm³/mol. The number of hydrogen-bond donors (Lipinski definition) is 12. The fourth-order valence-corrected chi connectivity index (χ4v) is 14.4. The number of aryl methyl sites for hydroxylation is 2. The molecule has 670 valence electrons. The molecule has 5 atom stereocenters. The van der Waals surface area contributed by atoms with Crippen molar-refractivity contribution in [1.29, 1.82) is 0 Å². The molecule has 0 spiro atoms. The zero-order valence-corrected chi connectivity index (χ0v) is 68.9. The smallest absolute Gasteiger partial charge is 0.393 e. The first-order valence-corrected chi connectivity index (χ1v) is 40.4. The van der Waals surface area contributed by atoms with Crippen LogP contribution in [-0.2, 0) is 28.1 Å². The van der Waals surface area contributed by atoms with Gasteiger partial charge in [-0.25, -0.2) is 28.6 Å². The number of alkyl halides is 12. The number of aliphatic hydroxyl groups is 8. The van der Waals surface area contributed by atoms with Crippen molar-refractivity contribution in [3.05, 3.63) is 246 Å².